The van der Waals surface area contributed by atoms with Crippen molar-refractivity contribution in [1.29, 1.82) is 5.26 Å². The summed E-state index contributed by atoms with van der Waals surface area (Å²) in [5.74, 6) is -0.713. The topological polar surface area (TPSA) is 76.4 Å². The van der Waals surface area contributed by atoms with E-state index in [0.29, 0.717) is 26.8 Å². The summed E-state index contributed by atoms with van der Waals surface area (Å²) in [7, 11) is 0. The summed E-state index contributed by atoms with van der Waals surface area (Å²) in [5.41, 5.74) is 0.988. The molecule has 0 aliphatic heterocycles. The van der Waals surface area contributed by atoms with Gasteiger partial charge >= 0.3 is 11.9 Å². The van der Waals surface area contributed by atoms with Gasteiger partial charge in [-0.05, 0) is 25.3 Å². The van der Waals surface area contributed by atoms with Crippen molar-refractivity contribution in [2.75, 3.05) is 19.0 Å². The van der Waals surface area contributed by atoms with E-state index in [2.05, 4.69) is 6.07 Å². The number of nitrogens with zero attached hydrogens (tertiary/aromatic N) is 1. The van der Waals surface area contributed by atoms with Crippen molar-refractivity contribution in [3.05, 3.63) is 28.0 Å². The smallest absolute Gasteiger partial charge is 0.349 e. The summed E-state index contributed by atoms with van der Waals surface area (Å²) in [4.78, 5) is 25.0. The fourth-order valence-corrected chi connectivity index (χ4v) is 4.96. The fourth-order valence-electron chi connectivity index (χ4n) is 1.94. The molecule has 2 aromatic rings. The molecule has 0 radical (unpaired) electrons. The minimum absolute atomic E-state index is 0.0924. The first-order valence-electron chi connectivity index (χ1n) is 7.18. The van der Waals surface area contributed by atoms with Gasteiger partial charge in [0.1, 0.15) is 10.9 Å². The summed E-state index contributed by atoms with van der Waals surface area (Å²) in [6.45, 7) is 4.04. The number of hydrogen-bond acceptors (Lipinski definition) is 8. The van der Waals surface area contributed by atoms with Gasteiger partial charge in [0, 0.05) is 10.4 Å². The number of nitriles is 1. The largest absolute Gasteiger partial charge is 0.465 e. The van der Waals surface area contributed by atoms with Crippen LogP contribution in [0.15, 0.2) is 21.7 Å². The SMILES string of the molecule is CCOC(=O)CSc1sc(C(=O)OCC)c(-c2cccs2)c1C#N. The van der Waals surface area contributed by atoms with Crippen molar-refractivity contribution in [2.24, 2.45) is 0 Å². The van der Waals surface area contributed by atoms with Crippen molar-refractivity contribution >= 4 is 46.4 Å². The molecule has 126 valence electrons. The molecule has 0 saturated carbocycles. The van der Waals surface area contributed by atoms with Crippen LogP contribution in [0.5, 0.6) is 0 Å². The Balaban J connectivity index is 2.42. The van der Waals surface area contributed by atoms with Crippen LogP contribution in [0.25, 0.3) is 10.4 Å². The van der Waals surface area contributed by atoms with Gasteiger partial charge in [-0.2, -0.15) is 5.26 Å². The molecule has 0 saturated heterocycles. The van der Waals surface area contributed by atoms with E-state index in [1.165, 1.54) is 34.4 Å². The van der Waals surface area contributed by atoms with Crippen molar-refractivity contribution in [3.63, 3.8) is 0 Å². The zero-order valence-corrected chi connectivity index (χ0v) is 15.6. The van der Waals surface area contributed by atoms with E-state index < -0.39 is 5.97 Å². The molecule has 5 nitrogen and oxygen atoms in total. The molecule has 0 unspecified atom stereocenters. The summed E-state index contributed by atoms with van der Waals surface area (Å²) >= 11 is 3.84. The van der Waals surface area contributed by atoms with E-state index >= 15 is 0 Å². The van der Waals surface area contributed by atoms with Gasteiger partial charge in [-0.15, -0.1) is 34.4 Å². The summed E-state index contributed by atoms with van der Waals surface area (Å²) < 4.78 is 10.6. The van der Waals surface area contributed by atoms with Gasteiger partial charge in [0.15, 0.2) is 0 Å². The molecule has 0 bridgehead atoms. The number of rotatable bonds is 7. The first-order chi connectivity index (χ1) is 11.6. The van der Waals surface area contributed by atoms with E-state index in [0.717, 1.165) is 4.88 Å². The van der Waals surface area contributed by atoms with Crippen molar-refractivity contribution in [1.82, 2.24) is 0 Å². The Labute approximate surface area is 152 Å². The van der Waals surface area contributed by atoms with Gasteiger partial charge in [-0.3, -0.25) is 4.79 Å². The molecule has 2 rings (SSSR count). The van der Waals surface area contributed by atoms with Crippen LogP contribution in [-0.4, -0.2) is 30.9 Å². The number of ether oxygens (including phenoxy) is 2. The monoisotopic (exact) mass is 381 g/mol. The number of carbonyl (C=O) groups is 2. The predicted molar refractivity (Wildman–Crippen MR) is 95.7 cm³/mol. The molecule has 0 aromatic carbocycles. The van der Waals surface area contributed by atoms with Crippen LogP contribution in [-0.2, 0) is 14.3 Å². The highest BCUT2D eigenvalue weighted by Gasteiger charge is 2.26. The minimum Gasteiger partial charge on any atom is -0.465 e. The number of thioether (sulfide) groups is 1. The van der Waals surface area contributed by atoms with Crippen LogP contribution >= 0.6 is 34.4 Å². The van der Waals surface area contributed by atoms with Crippen LogP contribution in [0.3, 0.4) is 0 Å². The highest BCUT2D eigenvalue weighted by atomic mass is 32.2. The van der Waals surface area contributed by atoms with Gasteiger partial charge in [0.05, 0.1) is 28.7 Å². The second kappa shape index (κ2) is 8.87. The Morgan fingerprint density at radius 2 is 2.04 bits per heavy atom. The van der Waals surface area contributed by atoms with Gasteiger partial charge in [-0.1, -0.05) is 6.07 Å². The standard InChI is InChI=1S/C16H15NO4S3/c1-3-20-12(18)9-23-16-10(8-17)13(11-6-5-7-22-11)14(24-16)15(19)21-4-2/h5-7H,3-4,9H2,1-2H3. The average molecular weight is 382 g/mol. The Kier molecular flexibility index (Phi) is 6.85. The number of hydrogen-bond donors (Lipinski definition) is 0. The highest BCUT2D eigenvalue weighted by molar-refractivity contribution is 8.01. The first-order valence-corrected chi connectivity index (χ1v) is 9.86. The number of carbonyl (C=O) groups excluding carboxylic acids is 2. The molecule has 0 fully saturated rings. The van der Waals surface area contributed by atoms with Crippen LogP contribution in [0.1, 0.15) is 29.1 Å². The normalized spacial score (nSPS) is 10.2. The zero-order valence-electron chi connectivity index (χ0n) is 13.2. The zero-order chi connectivity index (χ0) is 17.5. The van der Waals surface area contributed by atoms with Crippen LogP contribution < -0.4 is 0 Å². The quantitative estimate of drug-likeness (QED) is 0.529. The lowest BCUT2D eigenvalue weighted by Gasteiger charge is -2.02. The van der Waals surface area contributed by atoms with Gasteiger partial charge in [0.2, 0.25) is 0 Å². The minimum atomic E-state index is -0.453. The summed E-state index contributed by atoms with van der Waals surface area (Å²) in [6.07, 6.45) is 0. The van der Waals surface area contributed by atoms with Crippen molar-refractivity contribution in [3.8, 4) is 16.5 Å². The maximum atomic E-state index is 12.3. The fraction of sp³-hybridized carbons (Fsp3) is 0.312. The molecule has 2 aromatic heterocycles. The van der Waals surface area contributed by atoms with E-state index in [1.54, 1.807) is 13.8 Å². The second-order valence-electron chi connectivity index (χ2n) is 4.37. The van der Waals surface area contributed by atoms with Crippen LogP contribution in [0, 0.1) is 11.3 Å². The highest BCUT2D eigenvalue weighted by Crippen LogP contribution is 2.43. The Bertz CT molecular complexity index is 759. The molecule has 24 heavy (non-hydrogen) atoms. The Morgan fingerprint density at radius 3 is 2.62 bits per heavy atom. The molecule has 8 heteroatoms. The molecule has 0 spiro atoms. The van der Waals surface area contributed by atoms with Gasteiger partial charge in [-0.25, -0.2) is 4.79 Å². The molecule has 0 atom stereocenters. The molecular weight excluding hydrogens is 366 g/mol. The molecule has 0 N–H and O–H groups in total. The summed E-state index contributed by atoms with van der Waals surface area (Å²) in [5, 5.41) is 11.5. The number of thiophene rings is 2. The van der Waals surface area contributed by atoms with Gasteiger partial charge < -0.3 is 9.47 Å². The Morgan fingerprint density at radius 1 is 1.29 bits per heavy atom. The molecule has 0 aliphatic carbocycles. The molecular formula is C16H15NO4S3. The average Bonchev–Trinajstić information content (AvgIpc) is 3.20. The predicted octanol–water partition coefficient (Wildman–Crippen LogP) is 4.18. The van der Waals surface area contributed by atoms with Crippen LogP contribution in [0.2, 0.25) is 0 Å². The molecule has 0 aliphatic rings. The third kappa shape index (κ3) is 4.17. The maximum Gasteiger partial charge on any atom is 0.349 e. The lowest BCUT2D eigenvalue weighted by molar-refractivity contribution is -0.139. The molecule has 0 amide bonds. The lowest BCUT2D eigenvalue weighted by atomic mass is 10.1. The number of esters is 2. The third-order valence-corrected chi connectivity index (χ3v) is 6.14. The summed E-state index contributed by atoms with van der Waals surface area (Å²) in [6, 6.07) is 5.88. The van der Waals surface area contributed by atoms with E-state index in [9.17, 15) is 14.9 Å². The van der Waals surface area contributed by atoms with Crippen molar-refractivity contribution < 1.29 is 19.1 Å². The van der Waals surface area contributed by atoms with Crippen molar-refractivity contribution in [2.45, 2.75) is 18.1 Å². The maximum absolute atomic E-state index is 12.3. The second-order valence-corrected chi connectivity index (χ2v) is 7.58. The first kappa shape index (κ1) is 18.5. The van der Waals surface area contributed by atoms with Gasteiger partial charge in [0.25, 0.3) is 0 Å². The van der Waals surface area contributed by atoms with E-state index in [1.807, 2.05) is 17.5 Å². The van der Waals surface area contributed by atoms with E-state index in [-0.39, 0.29) is 18.3 Å². The lowest BCUT2D eigenvalue weighted by Crippen LogP contribution is -2.06. The Hall–Kier alpha value is -1.82. The van der Waals surface area contributed by atoms with E-state index in [4.69, 9.17) is 9.47 Å². The van der Waals surface area contributed by atoms with Crippen LogP contribution in [0.4, 0.5) is 0 Å². The molecule has 2 heterocycles. The third-order valence-electron chi connectivity index (χ3n) is 2.84.